The minimum atomic E-state index is -3.94. The zero-order valence-electron chi connectivity index (χ0n) is 20.3. The number of nitrogens with zero attached hydrogens (tertiary/aromatic N) is 1. The number of hydrogen-bond acceptors (Lipinski definition) is 8. The zero-order chi connectivity index (χ0) is 26.7. The molecule has 3 aromatic rings. The monoisotopic (exact) mass is 549 g/mol. The van der Waals surface area contributed by atoms with Gasteiger partial charge < -0.3 is 14.8 Å². The molecule has 0 radical (unpaired) electrons. The van der Waals surface area contributed by atoms with E-state index in [1.165, 1.54) is 23.9 Å². The number of carbonyl (C=O) groups excluding carboxylic acids is 2. The largest absolute Gasteiger partial charge is 0.486 e. The summed E-state index contributed by atoms with van der Waals surface area (Å²) in [5.74, 6) is 0.422. The maximum absolute atomic E-state index is 12.4. The van der Waals surface area contributed by atoms with Crippen LogP contribution in [0.4, 0.5) is 5.69 Å². The number of amidine groups is 1. The highest BCUT2D eigenvalue weighted by Gasteiger charge is 2.24. The number of aryl methyl sites for hydroxylation is 1. The lowest BCUT2D eigenvalue weighted by Crippen LogP contribution is -2.31. The predicted molar refractivity (Wildman–Crippen MR) is 145 cm³/mol. The lowest BCUT2D eigenvalue weighted by Gasteiger charge is -2.18. The first-order valence-corrected chi connectivity index (χ1v) is 14.0. The van der Waals surface area contributed by atoms with E-state index in [0.29, 0.717) is 46.0 Å². The van der Waals surface area contributed by atoms with Crippen LogP contribution in [0, 0.1) is 6.92 Å². The molecule has 2 heterocycles. The number of aliphatic imine (C=N–C) groups is 1. The Bertz CT molecular complexity index is 1560. The summed E-state index contributed by atoms with van der Waals surface area (Å²) in [6.07, 6.45) is 1.64. The first kappa shape index (κ1) is 25.6. The van der Waals surface area contributed by atoms with Gasteiger partial charge >= 0.3 is 0 Å². The zero-order valence-corrected chi connectivity index (χ0v) is 21.9. The molecule has 2 N–H and O–H groups in total. The maximum atomic E-state index is 12.4. The highest BCUT2D eigenvalue weighted by atomic mass is 32.2. The van der Waals surface area contributed by atoms with Gasteiger partial charge in [0.05, 0.1) is 21.9 Å². The summed E-state index contributed by atoms with van der Waals surface area (Å²) in [6.45, 7) is 2.84. The molecule has 2 aliphatic heterocycles. The predicted octanol–water partition coefficient (Wildman–Crippen LogP) is 3.71. The number of nitrogens with one attached hydrogen (secondary N) is 2. The van der Waals surface area contributed by atoms with Crippen LogP contribution in [0.25, 0.3) is 6.08 Å². The van der Waals surface area contributed by atoms with Crippen molar-refractivity contribution in [3.05, 3.63) is 88.3 Å². The van der Waals surface area contributed by atoms with Crippen LogP contribution in [0.1, 0.15) is 16.7 Å². The van der Waals surface area contributed by atoms with Gasteiger partial charge in [0.1, 0.15) is 13.2 Å². The van der Waals surface area contributed by atoms with E-state index in [0.717, 1.165) is 11.1 Å². The van der Waals surface area contributed by atoms with E-state index in [1.54, 1.807) is 42.5 Å². The van der Waals surface area contributed by atoms with Crippen LogP contribution in [0.15, 0.2) is 81.5 Å². The Hall–Kier alpha value is -4.09. The third kappa shape index (κ3) is 6.06. The normalized spacial score (nSPS) is 16.9. The summed E-state index contributed by atoms with van der Waals surface area (Å²) in [5.41, 5.74) is 2.92. The van der Waals surface area contributed by atoms with Crippen LogP contribution in [0.2, 0.25) is 0 Å². The molecule has 0 aromatic heterocycles. The van der Waals surface area contributed by atoms with Crippen molar-refractivity contribution >= 4 is 50.5 Å². The molecular weight excluding hydrogens is 526 g/mol. The minimum Gasteiger partial charge on any atom is -0.486 e. The summed E-state index contributed by atoms with van der Waals surface area (Å²) in [5, 5.41) is 3.17. The van der Waals surface area contributed by atoms with Crippen molar-refractivity contribution in [3.8, 4) is 11.5 Å². The number of benzene rings is 3. The summed E-state index contributed by atoms with van der Waals surface area (Å²) in [6, 6.07) is 18.5. The molecule has 0 unspecified atom stereocenters. The number of ether oxygens (including phenoxy) is 2. The number of amides is 2. The summed E-state index contributed by atoms with van der Waals surface area (Å²) in [7, 11) is -3.94. The van der Waals surface area contributed by atoms with Gasteiger partial charge in [-0.25, -0.2) is 18.1 Å². The minimum absolute atomic E-state index is 0.0288. The van der Waals surface area contributed by atoms with E-state index in [1.807, 2.05) is 25.1 Å². The Labute approximate surface area is 224 Å². The molecule has 1 saturated heterocycles. The molecule has 0 aliphatic carbocycles. The van der Waals surface area contributed by atoms with E-state index in [9.17, 15) is 18.0 Å². The van der Waals surface area contributed by atoms with Gasteiger partial charge in [0.2, 0.25) is 5.91 Å². The lowest BCUT2D eigenvalue weighted by molar-refractivity contribution is -0.118. The molecule has 9 nitrogen and oxygen atoms in total. The maximum Gasteiger partial charge on any atom is 0.264 e. The topological polar surface area (TPSA) is 123 Å². The molecule has 0 saturated carbocycles. The van der Waals surface area contributed by atoms with Crippen molar-refractivity contribution in [2.45, 2.75) is 18.2 Å². The molecule has 0 bridgehead atoms. The molecule has 38 heavy (non-hydrogen) atoms. The van der Waals surface area contributed by atoms with Crippen LogP contribution in [-0.4, -0.2) is 38.6 Å². The van der Waals surface area contributed by atoms with E-state index < -0.39 is 15.9 Å². The Morgan fingerprint density at radius 3 is 2.47 bits per heavy atom. The summed E-state index contributed by atoms with van der Waals surface area (Å²) in [4.78, 5) is 29.8. The van der Waals surface area contributed by atoms with Crippen LogP contribution in [-0.2, 0) is 26.0 Å². The van der Waals surface area contributed by atoms with Gasteiger partial charge in [-0.2, -0.15) is 0 Å². The lowest BCUT2D eigenvalue weighted by atomic mass is 10.1. The molecule has 11 heteroatoms. The number of hydrogen-bond donors (Lipinski definition) is 2. The van der Waals surface area contributed by atoms with Crippen LogP contribution >= 0.6 is 11.8 Å². The van der Waals surface area contributed by atoms with Crippen LogP contribution in [0.3, 0.4) is 0 Å². The number of carbonyl (C=O) groups is 2. The third-order valence-corrected chi connectivity index (χ3v) is 7.93. The molecule has 2 aliphatic rings. The molecule has 194 valence electrons. The van der Waals surface area contributed by atoms with Crippen molar-refractivity contribution in [3.63, 3.8) is 0 Å². The van der Waals surface area contributed by atoms with Crippen molar-refractivity contribution in [1.82, 2.24) is 10.0 Å². The summed E-state index contributed by atoms with van der Waals surface area (Å²) >= 11 is 1.21. The number of thioether (sulfide) groups is 1. The Morgan fingerprint density at radius 1 is 1.03 bits per heavy atom. The van der Waals surface area contributed by atoms with Gasteiger partial charge in [-0.05, 0) is 72.3 Å². The van der Waals surface area contributed by atoms with Crippen LogP contribution in [0.5, 0.6) is 11.5 Å². The Morgan fingerprint density at radius 2 is 1.74 bits per heavy atom. The molecular formula is C27H23N3O6S2. The second-order valence-corrected chi connectivity index (χ2v) is 11.3. The van der Waals surface area contributed by atoms with Crippen molar-refractivity contribution < 1.29 is 27.5 Å². The van der Waals surface area contributed by atoms with Crippen molar-refractivity contribution in [2.75, 3.05) is 13.2 Å². The van der Waals surface area contributed by atoms with Crippen molar-refractivity contribution in [1.29, 1.82) is 0 Å². The first-order valence-electron chi connectivity index (χ1n) is 11.7. The van der Waals surface area contributed by atoms with Gasteiger partial charge in [-0.1, -0.05) is 35.9 Å². The average molecular weight is 550 g/mol. The highest BCUT2D eigenvalue weighted by Crippen LogP contribution is 2.33. The van der Waals surface area contributed by atoms with Crippen molar-refractivity contribution in [2.24, 2.45) is 4.99 Å². The Kier molecular flexibility index (Phi) is 7.21. The molecule has 0 atom stereocenters. The van der Waals surface area contributed by atoms with Gasteiger partial charge in [0.15, 0.2) is 16.7 Å². The number of sulfonamides is 1. The fraction of sp³-hybridized carbons (Fsp3) is 0.148. The van der Waals surface area contributed by atoms with Gasteiger partial charge in [0, 0.05) is 0 Å². The van der Waals surface area contributed by atoms with E-state index >= 15 is 0 Å². The SMILES string of the molecule is Cc1ccc(S(=O)(=O)NC(=O)Cc2ccc(N=C3NC(=O)/C(=C/c4ccc5c(c4)OCCO5)S3)cc2)cc1. The highest BCUT2D eigenvalue weighted by molar-refractivity contribution is 8.18. The fourth-order valence-corrected chi connectivity index (χ4v) is 5.56. The number of fused-ring (bicyclic) bond motifs is 1. The average Bonchev–Trinajstić information content (AvgIpc) is 3.23. The molecule has 3 aromatic carbocycles. The van der Waals surface area contributed by atoms with Gasteiger partial charge in [-0.3, -0.25) is 9.59 Å². The van der Waals surface area contributed by atoms with E-state index in [4.69, 9.17) is 9.47 Å². The van der Waals surface area contributed by atoms with Crippen LogP contribution < -0.4 is 19.5 Å². The van der Waals surface area contributed by atoms with E-state index in [-0.39, 0.29) is 17.2 Å². The molecule has 2 amide bonds. The third-order valence-electron chi connectivity index (χ3n) is 5.63. The first-order chi connectivity index (χ1) is 18.2. The van der Waals surface area contributed by atoms with Gasteiger partial charge in [0.25, 0.3) is 15.9 Å². The summed E-state index contributed by atoms with van der Waals surface area (Å²) < 4.78 is 38.1. The van der Waals surface area contributed by atoms with Gasteiger partial charge in [-0.15, -0.1) is 0 Å². The molecule has 1 fully saturated rings. The number of rotatable bonds is 6. The Balaban J connectivity index is 1.21. The second-order valence-electron chi connectivity index (χ2n) is 8.57. The standard InChI is InChI=1S/C27H23N3O6S2/c1-17-2-9-21(10-3-17)38(33,34)30-25(31)16-18-4-7-20(8-5-18)28-27-29-26(32)24(37-27)15-19-6-11-22-23(14-19)36-13-12-35-22/h2-11,14-15H,12-13,16H2,1H3,(H,30,31)(H,28,29,32)/b24-15-. The molecule has 0 spiro atoms. The second kappa shape index (κ2) is 10.7. The molecule has 5 rings (SSSR count). The quantitative estimate of drug-likeness (QED) is 0.450. The smallest absolute Gasteiger partial charge is 0.264 e. The fourth-order valence-electron chi connectivity index (χ4n) is 3.73. The van der Waals surface area contributed by atoms with E-state index in [2.05, 4.69) is 15.0 Å².